The molecule has 2 N–H and O–H groups in total. The first kappa shape index (κ1) is 15.3. The molecule has 1 heterocycles. The van der Waals surface area contributed by atoms with Gasteiger partial charge in [-0.2, -0.15) is 0 Å². The Bertz CT molecular complexity index is 306. The normalized spacial score (nSPS) is 23.4. The third kappa shape index (κ3) is 4.86. The molecule has 6 heteroatoms. The minimum absolute atomic E-state index is 0.0831. The van der Waals surface area contributed by atoms with Gasteiger partial charge >= 0.3 is 0 Å². The van der Waals surface area contributed by atoms with Gasteiger partial charge in [-0.15, -0.1) is 0 Å². The Balaban J connectivity index is 2.38. The molecule has 0 aromatic heterocycles. The molecule has 4 nitrogen and oxygen atoms in total. The lowest BCUT2D eigenvalue weighted by atomic mass is 9.93. The van der Waals surface area contributed by atoms with E-state index in [4.69, 9.17) is 0 Å². The number of halogens is 2. The van der Waals surface area contributed by atoms with Crippen LogP contribution in [0.5, 0.6) is 0 Å². The number of amides is 1. The van der Waals surface area contributed by atoms with Crippen LogP contribution in [0.1, 0.15) is 20.3 Å². The first-order valence-corrected chi connectivity index (χ1v) is 6.15. The lowest BCUT2D eigenvalue weighted by Gasteiger charge is -2.29. The van der Waals surface area contributed by atoms with Crippen molar-refractivity contribution in [3.8, 4) is 0 Å². The van der Waals surface area contributed by atoms with E-state index in [1.807, 2.05) is 32.8 Å². The van der Waals surface area contributed by atoms with Crippen LogP contribution < -0.4 is 10.6 Å². The van der Waals surface area contributed by atoms with Gasteiger partial charge < -0.3 is 10.2 Å². The Morgan fingerprint density at radius 1 is 1.50 bits per heavy atom. The fourth-order valence-electron chi connectivity index (χ4n) is 2.26. The van der Waals surface area contributed by atoms with Gasteiger partial charge in [-0.1, -0.05) is 13.8 Å². The lowest BCUT2D eigenvalue weighted by Crippen LogP contribution is -2.46. The van der Waals surface area contributed by atoms with Crippen LogP contribution in [0.4, 0.5) is 8.78 Å². The number of hydrogen-bond donors (Lipinski definition) is 2. The Kier molecular flexibility index (Phi) is 4.66. The van der Waals surface area contributed by atoms with Crippen LogP contribution in [0, 0.1) is 5.41 Å². The van der Waals surface area contributed by atoms with Crippen molar-refractivity contribution in [1.82, 2.24) is 15.5 Å². The third-order valence-electron chi connectivity index (χ3n) is 2.91. The van der Waals surface area contributed by atoms with Crippen molar-refractivity contribution in [2.24, 2.45) is 5.41 Å². The van der Waals surface area contributed by atoms with Crippen LogP contribution in [-0.2, 0) is 4.79 Å². The Hall–Kier alpha value is -0.750. The molecule has 0 spiro atoms. The fraction of sp³-hybridized carbons (Fsp3) is 0.917. The molecule has 1 aliphatic heterocycles. The molecule has 18 heavy (non-hydrogen) atoms. The van der Waals surface area contributed by atoms with Crippen molar-refractivity contribution in [1.29, 1.82) is 0 Å². The quantitative estimate of drug-likeness (QED) is 0.767. The maximum Gasteiger partial charge on any atom is 0.262 e. The molecule has 1 atom stereocenters. The molecule has 1 fully saturated rings. The average molecular weight is 263 g/mol. The highest BCUT2D eigenvalue weighted by Gasteiger charge is 2.42. The highest BCUT2D eigenvalue weighted by molar-refractivity contribution is 5.82. The lowest BCUT2D eigenvalue weighted by molar-refractivity contribution is -0.123. The van der Waals surface area contributed by atoms with Gasteiger partial charge in [0.2, 0.25) is 5.91 Å². The smallest absolute Gasteiger partial charge is 0.262 e. The molecular formula is C12H23F2N3O. The summed E-state index contributed by atoms with van der Waals surface area (Å²) in [4.78, 5) is 13.8. The number of nitrogens with one attached hydrogen (secondary N) is 2. The summed E-state index contributed by atoms with van der Waals surface area (Å²) in [5, 5.41) is 5.30. The molecule has 0 aromatic carbocycles. The predicted molar refractivity (Wildman–Crippen MR) is 66.7 cm³/mol. The molecule has 106 valence electrons. The van der Waals surface area contributed by atoms with Crippen LogP contribution in [0.3, 0.4) is 0 Å². The van der Waals surface area contributed by atoms with Gasteiger partial charge in [0, 0.05) is 19.5 Å². The minimum Gasteiger partial charge on any atom is -0.354 e. The van der Waals surface area contributed by atoms with Crippen LogP contribution in [0.15, 0.2) is 0 Å². The molecule has 1 rings (SSSR count). The van der Waals surface area contributed by atoms with Crippen molar-refractivity contribution in [3.63, 3.8) is 0 Å². The maximum atomic E-state index is 13.0. The number of nitrogens with zero attached hydrogens (tertiary/aromatic N) is 1. The molecule has 1 aliphatic rings. The monoisotopic (exact) mass is 263 g/mol. The second-order valence-corrected chi connectivity index (χ2v) is 6.11. The Morgan fingerprint density at radius 3 is 2.56 bits per heavy atom. The van der Waals surface area contributed by atoms with Crippen molar-refractivity contribution < 1.29 is 13.6 Å². The van der Waals surface area contributed by atoms with Crippen LogP contribution in [-0.4, -0.2) is 56.5 Å². The van der Waals surface area contributed by atoms with Gasteiger partial charge in [-0.05, 0) is 19.5 Å². The zero-order valence-electron chi connectivity index (χ0n) is 11.5. The highest BCUT2D eigenvalue weighted by atomic mass is 19.3. The summed E-state index contributed by atoms with van der Waals surface area (Å²) in [6, 6.07) is -0.768. The fourth-order valence-corrected chi connectivity index (χ4v) is 2.26. The van der Waals surface area contributed by atoms with Gasteiger partial charge in [0.05, 0.1) is 12.6 Å². The zero-order chi connectivity index (χ0) is 14.0. The van der Waals surface area contributed by atoms with Gasteiger partial charge in [0.1, 0.15) is 0 Å². The largest absolute Gasteiger partial charge is 0.354 e. The zero-order valence-corrected chi connectivity index (χ0v) is 11.5. The summed E-state index contributed by atoms with van der Waals surface area (Å²) in [6.07, 6.45) is -0.410. The van der Waals surface area contributed by atoms with E-state index in [0.717, 1.165) is 6.54 Å². The molecule has 0 aromatic rings. The second-order valence-electron chi connectivity index (χ2n) is 6.11. The van der Waals surface area contributed by atoms with E-state index in [1.165, 1.54) is 0 Å². The third-order valence-corrected chi connectivity index (χ3v) is 2.91. The van der Waals surface area contributed by atoms with E-state index in [2.05, 4.69) is 10.6 Å². The second kappa shape index (κ2) is 5.48. The molecular weight excluding hydrogens is 240 g/mol. The first-order chi connectivity index (χ1) is 8.11. The Labute approximate surface area is 107 Å². The summed E-state index contributed by atoms with van der Waals surface area (Å²) in [5.41, 5.74) is -0.0831. The van der Waals surface area contributed by atoms with E-state index >= 15 is 0 Å². The van der Waals surface area contributed by atoms with Crippen molar-refractivity contribution >= 4 is 5.91 Å². The molecule has 1 saturated heterocycles. The number of hydrogen-bond acceptors (Lipinski definition) is 3. The molecule has 0 radical (unpaired) electrons. The Morgan fingerprint density at radius 2 is 2.11 bits per heavy atom. The van der Waals surface area contributed by atoms with Crippen molar-refractivity contribution in [2.45, 2.75) is 32.2 Å². The van der Waals surface area contributed by atoms with Gasteiger partial charge in [-0.3, -0.25) is 10.1 Å². The number of carbonyl (C=O) groups is 1. The van der Waals surface area contributed by atoms with E-state index < -0.39 is 24.9 Å². The maximum absolute atomic E-state index is 13.0. The molecule has 1 unspecified atom stereocenters. The van der Waals surface area contributed by atoms with E-state index in [-0.39, 0.29) is 11.3 Å². The van der Waals surface area contributed by atoms with Crippen LogP contribution >= 0.6 is 0 Å². The standard InChI is InChI=1S/C12H23F2N3O/c1-11(2,8-17(3)4)6-16-10(18)9-5-12(13,14)7-15-9/h9,15H,5-8H2,1-4H3,(H,16,18). The van der Waals surface area contributed by atoms with Crippen LogP contribution in [0.25, 0.3) is 0 Å². The van der Waals surface area contributed by atoms with E-state index in [0.29, 0.717) is 6.54 Å². The summed E-state index contributed by atoms with van der Waals surface area (Å²) >= 11 is 0. The van der Waals surface area contributed by atoms with E-state index in [9.17, 15) is 13.6 Å². The first-order valence-electron chi connectivity index (χ1n) is 6.15. The SMILES string of the molecule is CN(C)CC(C)(C)CNC(=O)C1CC(F)(F)CN1. The van der Waals surface area contributed by atoms with Crippen molar-refractivity contribution in [2.75, 3.05) is 33.7 Å². The number of carbonyl (C=O) groups excluding carboxylic acids is 1. The van der Waals surface area contributed by atoms with Gasteiger partial charge in [-0.25, -0.2) is 8.78 Å². The molecule has 0 saturated carbocycles. The van der Waals surface area contributed by atoms with Crippen LogP contribution in [0.2, 0.25) is 0 Å². The van der Waals surface area contributed by atoms with Crippen molar-refractivity contribution in [3.05, 3.63) is 0 Å². The summed E-state index contributed by atoms with van der Waals surface area (Å²) in [7, 11) is 3.92. The predicted octanol–water partition coefficient (Wildman–Crippen LogP) is 0.688. The van der Waals surface area contributed by atoms with Gasteiger partial charge in [0.15, 0.2) is 0 Å². The summed E-state index contributed by atoms with van der Waals surface area (Å²) in [5.74, 6) is -3.10. The molecule has 0 bridgehead atoms. The van der Waals surface area contributed by atoms with E-state index in [1.54, 1.807) is 0 Å². The molecule has 1 amide bonds. The number of alkyl halides is 2. The van der Waals surface area contributed by atoms with Gasteiger partial charge in [0.25, 0.3) is 5.92 Å². The summed E-state index contributed by atoms with van der Waals surface area (Å²) in [6.45, 7) is 4.95. The topological polar surface area (TPSA) is 44.4 Å². The molecule has 0 aliphatic carbocycles. The minimum atomic E-state index is -2.76. The highest BCUT2D eigenvalue weighted by Crippen LogP contribution is 2.25. The average Bonchev–Trinajstić information content (AvgIpc) is 2.53. The number of rotatable bonds is 5. The summed E-state index contributed by atoms with van der Waals surface area (Å²) < 4.78 is 25.9.